The minimum atomic E-state index is -3.99. The molecule has 178 valence electrons. The second-order valence-corrected chi connectivity index (χ2v) is 9.59. The fraction of sp³-hybridized carbons (Fsp3) is 0.520. The summed E-state index contributed by atoms with van der Waals surface area (Å²) in [7, 11) is -3.99. The molecule has 0 bridgehead atoms. The van der Waals surface area contributed by atoms with Crippen LogP contribution in [-0.2, 0) is 16.6 Å². The van der Waals surface area contributed by atoms with Gasteiger partial charge in [0.05, 0.1) is 5.69 Å². The molecule has 2 aromatic carbocycles. The Morgan fingerprint density at radius 2 is 1.50 bits per heavy atom. The second kappa shape index (κ2) is 12.8. The van der Waals surface area contributed by atoms with E-state index in [1.807, 2.05) is 30.3 Å². The van der Waals surface area contributed by atoms with Crippen LogP contribution in [0.3, 0.4) is 0 Å². The van der Waals surface area contributed by atoms with Crippen molar-refractivity contribution in [2.45, 2.75) is 64.8 Å². The molecule has 0 amide bonds. The predicted octanol–water partition coefficient (Wildman–Crippen LogP) is 5.37. The molecule has 0 saturated heterocycles. The van der Waals surface area contributed by atoms with Crippen molar-refractivity contribution < 1.29 is 13.2 Å². The zero-order chi connectivity index (χ0) is 23.6. The second-order valence-electron chi connectivity index (χ2n) is 8.06. The van der Waals surface area contributed by atoms with Crippen LogP contribution in [0.4, 0.5) is 5.69 Å². The van der Waals surface area contributed by atoms with Gasteiger partial charge in [-0.25, -0.2) is 13.6 Å². The number of para-hydroxylation sites is 1. The van der Waals surface area contributed by atoms with Crippen molar-refractivity contribution in [1.29, 1.82) is 0 Å². The number of nitrogens with zero attached hydrogens (tertiary/aromatic N) is 2. The Morgan fingerprint density at radius 1 is 0.906 bits per heavy atom. The van der Waals surface area contributed by atoms with Crippen molar-refractivity contribution in [1.82, 2.24) is 4.90 Å². The molecule has 6 nitrogen and oxygen atoms in total. The third-order valence-corrected chi connectivity index (χ3v) is 6.49. The summed E-state index contributed by atoms with van der Waals surface area (Å²) in [5.74, 6) is 0.898. The van der Waals surface area contributed by atoms with E-state index in [9.17, 15) is 8.42 Å². The third-order valence-electron chi connectivity index (χ3n) is 5.57. The third kappa shape index (κ3) is 7.50. The zero-order valence-electron chi connectivity index (χ0n) is 20.0. The molecule has 0 heterocycles. The highest BCUT2D eigenvalue weighted by atomic mass is 32.2. The predicted molar refractivity (Wildman–Crippen MR) is 133 cm³/mol. The van der Waals surface area contributed by atoms with Crippen LogP contribution in [0.25, 0.3) is 0 Å². The minimum absolute atomic E-state index is 0.0407. The average molecular weight is 462 g/mol. The molecule has 0 aromatic heterocycles. The zero-order valence-corrected chi connectivity index (χ0v) is 20.8. The molecule has 2 N–H and O–H groups in total. The van der Waals surface area contributed by atoms with E-state index >= 15 is 0 Å². The van der Waals surface area contributed by atoms with Crippen LogP contribution in [0.15, 0.2) is 47.4 Å². The summed E-state index contributed by atoms with van der Waals surface area (Å²) in [5.41, 5.74) is 1.72. The molecule has 0 radical (unpaired) electrons. The summed E-state index contributed by atoms with van der Waals surface area (Å²) in [6.07, 6.45) is 4.14. The number of primary sulfonamides is 1. The Balaban J connectivity index is 2.69. The van der Waals surface area contributed by atoms with Crippen LogP contribution in [0.1, 0.15) is 58.9 Å². The van der Waals surface area contributed by atoms with E-state index in [-0.39, 0.29) is 4.90 Å². The summed E-state index contributed by atoms with van der Waals surface area (Å²) in [6.45, 7) is 12.6. The van der Waals surface area contributed by atoms with Gasteiger partial charge in [0.1, 0.15) is 10.6 Å². The Labute approximate surface area is 194 Å². The lowest BCUT2D eigenvalue weighted by Gasteiger charge is -2.29. The van der Waals surface area contributed by atoms with E-state index in [0.717, 1.165) is 63.1 Å². The van der Waals surface area contributed by atoms with Gasteiger partial charge >= 0.3 is 0 Å². The van der Waals surface area contributed by atoms with E-state index < -0.39 is 10.0 Å². The smallest absolute Gasteiger partial charge is 0.241 e. The Bertz CT molecular complexity index is 921. The lowest BCUT2D eigenvalue weighted by Crippen LogP contribution is -2.28. The first kappa shape index (κ1) is 26.2. The van der Waals surface area contributed by atoms with E-state index in [1.165, 1.54) is 0 Å². The van der Waals surface area contributed by atoms with Crippen LogP contribution in [0, 0.1) is 0 Å². The van der Waals surface area contributed by atoms with Crippen LogP contribution >= 0.6 is 0 Å². The van der Waals surface area contributed by atoms with Crippen molar-refractivity contribution in [2.24, 2.45) is 5.14 Å². The number of anilines is 1. The van der Waals surface area contributed by atoms with E-state index in [4.69, 9.17) is 9.88 Å². The number of hydrogen-bond acceptors (Lipinski definition) is 5. The van der Waals surface area contributed by atoms with Crippen molar-refractivity contribution in [3.05, 3.63) is 48.0 Å². The van der Waals surface area contributed by atoms with Crippen LogP contribution in [-0.4, -0.2) is 39.5 Å². The van der Waals surface area contributed by atoms with Gasteiger partial charge in [-0.15, -0.1) is 0 Å². The van der Waals surface area contributed by atoms with Gasteiger partial charge in [0.2, 0.25) is 10.0 Å². The summed E-state index contributed by atoms with van der Waals surface area (Å²) >= 11 is 0. The van der Waals surface area contributed by atoms with E-state index in [1.54, 1.807) is 6.07 Å². The fourth-order valence-electron chi connectivity index (χ4n) is 3.65. The molecule has 0 aliphatic rings. The number of hydrogen-bond donors (Lipinski definition) is 1. The molecule has 0 aliphatic heterocycles. The van der Waals surface area contributed by atoms with Gasteiger partial charge in [-0.3, -0.25) is 4.90 Å². The highest BCUT2D eigenvalue weighted by molar-refractivity contribution is 7.89. The van der Waals surface area contributed by atoms with Crippen molar-refractivity contribution in [3.8, 4) is 11.5 Å². The molecule has 0 unspecified atom stereocenters. The molecular weight excluding hydrogens is 422 g/mol. The normalized spacial score (nSPS) is 11.7. The number of benzene rings is 2. The van der Waals surface area contributed by atoms with Gasteiger partial charge in [0.15, 0.2) is 5.75 Å². The van der Waals surface area contributed by atoms with Crippen molar-refractivity contribution >= 4 is 15.7 Å². The van der Waals surface area contributed by atoms with Crippen LogP contribution < -0.4 is 14.8 Å². The van der Waals surface area contributed by atoms with Gasteiger partial charge in [0, 0.05) is 19.6 Å². The standard InChI is InChI=1S/C25H39N3O3S/c1-5-9-16-28(17-10-6-2)23-18-21(20-27(7-3)8-4)19-24(32(26,29)30)25(23)31-22-14-12-11-13-15-22/h11-15,18-19H,5-10,16-17,20H2,1-4H3,(H2,26,29,30). The number of sulfonamides is 1. The number of unbranched alkanes of at least 4 members (excludes halogenated alkanes) is 2. The van der Waals surface area contributed by atoms with Gasteiger partial charge in [-0.2, -0.15) is 0 Å². The topological polar surface area (TPSA) is 75.9 Å². The van der Waals surface area contributed by atoms with Crippen LogP contribution in [0.2, 0.25) is 0 Å². The van der Waals surface area contributed by atoms with E-state index in [2.05, 4.69) is 43.6 Å². The molecule has 2 aromatic rings. The molecule has 0 atom stereocenters. The molecule has 7 heteroatoms. The first-order valence-corrected chi connectivity index (χ1v) is 13.3. The first-order valence-electron chi connectivity index (χ1n) is 11.7. The lowest BCUT2D eigenvalue weighted by atomic mass is 10.1. The average Bonchev–Trinajstić information content (AvgIpc) is 2.78. The highest BCUT2D eigenvalue weighted by Crippen LogP contribution is 2.40. The van der Waals surface area contributed by atoms with Gasteiger partial charge in [-0.1, -0.05) is 58.7 Å². The molecule has 0 aliphatic carbocycles. The number of ether oxygens (including phenoxy) is 1. The molecule has 0 fully saturated rings. The van der Waals surface area contributed by atoms with Gasteiger partial charge in [0.25, 0.3) is 0 Å². The maximum atomic E-state index is 12.7. The molecule has 0 saturated carbocycles. The number of nitrogens with two attached hydrogens (primary N) is 1. The lowest BCUT2D eigenvalue weighted by molar-refractivity contribution is 0.295. The molecule has 32 heavy (non-hydrogen) atoms. The molecule has 0 spiro atoms. The number of rotatable bonds is 14. The maximum absolute atomic E-state index is 12.7. The summed E-state index contributed by atoms with van der Waals surface area (Å²) in [4.78, 5) is 4.55. The summed E-state index contributed by atoms with van der Waals surface area (Å²) in [5, 5.41) is 5.71. The maximum Gasteiger partial charge on any atom is 0.241 e. The Morgan fingerprint density at radius 3 is 2.00 bits per heavy atom. The van der Waals surface area contributed by atoms with Gasteiger partial charge in [-0.05, 0) is 55.8 Å². The summed E-state index contributed by atoms with van der Waals surface area (Å²) in [6, 6.07) is 13.0. The Kier molecular flexibility index (Phi) is 10.5. The molecular formula is C25H39N3O3S. The monoisotopic (exact) mass is 461 g/mol. The minimum Gasteiger partial charge on any atom is -0.454 e. The van der Waals surface area contributed by atoms with Crippen molar-refractivity contribution in [3.63, 3.8) is 0 Å². The van der Waals surface area contributed by atoms with Crippen LogP contribution in [0.5, 0.6) is 11.5 Å². The van der Waals surface area contributed by atoms with Gasteiger partial charge < -0.3 is 9.64 Å². The fourth-order valence-corrected chi connectivity index (χ4v) is 4.37. The Hall–Kier alpha value is -2.09. The summed E-state index contributed by atoms with van der Waals surface area (Å²) < 4.78 is 31.6. The highest BCUT2D eigenvalue weighted by Gasteiger charge is 2.25. The van der Waals surface area contributed by atoms with Crippen molar-refractivity contribution in [2.75, 3.05) is 31.1 Å². The first-order chi connectivity index (χ1) is 15.3. The SMILES string of the molecule is CCCCN(CCCC)c1cc(CN(CC)CC)cc(S(N)(=O)=O)c1Oc1ccccc1. The quantitative estimate of drug-likeness (QED) is 0.409. The van der Waals surface area contributed by atoms with E-state index in [0.29, 0.717) is 18.0 Å². The largest absolute Gasteiger partial charge is 0.454 e. The molecule has 2 rings (SSSR count).